The number of rotatable bonds is 4. The fraction of sp³-hybridized carbons (Fsp3) is 0.267. The van der Waals surface area contributed by atoms with Crippen LogP contribution in [0.25, 0.3) is 11.1 Å². The molecule has 0 radical (unpaired) electrons. The van der Waals surface area contributed by atoms with Crippen molar-refractivity contribution in [1.29, 1.82) is 0 Å². The molecule has 100 valence electrons. The minimum absolute atomic E-state index is 0.123. The molecule has 19 heavy (non-hydrogen) atoms. The Balaban J connectivity index is 2.36. The standard InChI is InChI=1S/C15H18N2O2/c1-10(2)19-13-6-12(8-17-9-13)11-4-5-14(16)15(7-11)18-3/h4-10H,16H2,1-3H3. The first-order valence-corrected chi connectivity index (χ1v) is 6.15. The topological polar surface area (TPSA) is 57.4 Å². The van der Waals surface area contributed by atoms with Gasteiger partial charge in [-0.1, -0.05) is 6.07 Å². The van der Waals surface area contributed by atoms with E-state index in [0.29, 0.717) is 11.4 Å². The SMILES string of the molecule is COc1cc(-c2cncc(OC(C)C)c2)ccc1N. The Morgan fingerprint density at radius 2 is 1.89 bits per heavy atom. The molecule has 0 atom stereocenters. The molecule has 1 heterocycles. The lowest BCUT2D eigenvalue weighted by Gasteiger charge is -2.11. The van der Waals surface area contributed by atoms with Gasteiger partial charge in [-0.2, -0.15) is 0 Å². The molecule has 2 aromatic rings. The van der Waals surface area contributed by atoms with Crippen molar-refractivity contribution >= 4 is 5.69 Å². The van der Waals surface area contributed by atoms with Crippen molar-refractivity contribution in [1.82, 2.24) is 4.98 Å². The number of pyridine rings is 1. The number of aromatic nitrogens is 1. The van der Waals surface area contributed by atoms with Gasteiger partial charge in [0.1, 0.15) is 11.5 Å². The van der Waals surface area contributed by atoms with Crippen molar-refractivity contribution in [2.75, 3.05) is 12.8 Å². The molecular formula is C15H18N2O2. The number of anilines is 1. The lowest BCUT2D eigenvalue weighted by Crippen LogP contribution is -2.05. The molecule has 0 amide bonds. The third-order valence-electron chi connectivity index (χ3n) is 2.65. The number of methoxy groups -OCH3 is 1. The van der Waals surface area contributed by atoms with Gasteiger partial charge in [-0.25, -0.2) is 0 Å². The molecule has 1 aromatic carbocycles. The van der Waals surface area contributed by atoms with E-state index in [4.69, 9.17) is 15.2 Å². The minimum Gasteiger partial charge on any atom is -0.495 e. The van der Waals surface area contributed by atoms with Gasteiger partial charge >= 0.3 is 0 Å². The predicted molar refractivity (Wildman–Crippen MR) is 76.4 cm³/mol. The predicted octanol–water partition coefficient (Wildman–Crippen LogP) is 3.13. The summed E-state index contributed by atoms with van der Waals surface area (Å²) in [5.74, 6) is 1.41. The number of ether oxygens (including phenoxy) is 2. The summed E-state index contributed by atoms with van der Waals surface area (Å²) in [5.41, 5.74) is 8.39. The zero-order valence-electron chi connectivity index (χ0n) is 11.4. The summed E-state index contributed by atoms with van der Waals surface area (Å²) in [4.78, 5) is 4.19. The van der Waals surface area contributed by atoms with Crippen LogP contribution < -0.4 is 15.2 Å². The molecule has 0 fully saturated rings. The Labute approximate surface area is 113 Å². The maximum absolute atomic E-state index is 5.81. The zero-order valence-corrected chi connectivity index (χ0v) is 11.4. The second kappa shape index (κ2) is 5.61. The van der Waals surface area contributed by atoms with Crippen LogP contribution in [-0.4, -0.2) is 18.2 Å². The number of benzene rings is 1. The Morgan fingerprint density at radius 3 is 2.58 bits per heavy atom. The summed E-state index contributed by atoms with van der Waals surface area (Å²) in [6.45, 7) is 3.97. The van der Waals surface area contributed by atoms with Crippen LogP contribution in [0.1, 0.15) is 13.8 Å². The van der Waals surface area contributed by atoms with E-state index in [1.807, 2.05) is 38.1 Å². The van der Waals surface area contributed by atoms with Crippen molar-refractivity contribution in [3.63, 3.8) is 0 Å². The van der Waals surface area contributed by atoms with E-state index in [2.05, 4.69) is 4.98 Å². The van der Waals surface area contributed by atoms with Crippen molar-refractivity contribution in [3.05, 3.63) is 36.7 Å². The van der Waals surface area contributed by atoms with Gasteiger partial charge in [-0.05, 0) is 37.6 Å². The molecule has 4 heteroatoms. The number of hydrogen-bond acceptors (Lipinski definition) is 4. The average Bonchev–Trinajstić information content (AvgIpc) is 2.39. The average molecular weight is 258 g/mol. The van der Waals surface area contributed by atoms with Crippen LogP contribution in [0, 0.1) is 0 Å². The molecule has 4 nitrogen and oxygen atoms in total. The highest BCUT2D eigenvalue weighted by atomic mass is 16.5. The molecule has 0 aliphatic heterocycles. The Bertz CT molecular complexity index is 568. The molecule has 0 bridgehead atoms. The van der Waals surface area contributed by atoms with Crippen LogP contribution in [0.15, 0.2) is 36.7 Å². The first-order chi connectivity index (χ1) is 9.10. The summed E-state index contributed by atoms with van der Waals surface area (Å²) in [5, 5.41) is 0. The monoisotopic (exact) mass is 258 g/mol. The van der Waals surface area contributed by atoms with Crippen LogP contribution in [-0.2, 0) is 0 Å². The zero-order chi connectivity index (χ0) is 13.8. The Morgan fingerprint density at radius 1 is 1.11 bits per heavy atom. The van der Waals surface area contributed by atoms with Gasteiger partial charge in [-0.15, -0.1) is 0 Å². The largest absolute Gasteiger partial charge is 0.495 e. The van der Waals surface area contributed by atoms with Crippen molar-refractivity contribution in [2.45, 2.75) is 20.0 Å². The summed E-state index contributed by atoms with van der Waals surface area (Å²) in [7, 11) is 1.60. The number of nitrogens with zero attached hydrogens (tertiary/aromatic N) is 1. The van der Waals surface area contributed by atoms with Gasteiger partial charge in [0, 0.05) is 11.8 Å². The maximum atomic E-state index is 5.81. The van der Waals surface area contributed by atoms with E-state index in [-0.39, 0.29) is 6.10 Å². The van der Waals surface area contributed by atoms with Crippen molar-refractivity contribution in [3.8, 4) is 22.6 Å². The highest BCUT2D eigenvalue weighted by Crippen LogP contribution is 2.30. The fourth-order valence-corrected chi connectivity index (χ4v) is 1.80. The minimum atomic E-state index is 0.123. The van der Waals surface area contributed by atoms with E-state index in [1.165, 1.54) is 0 Å². The maximum Gasteiger partial charge on any atom is 0.142 e. The van der Waals surface area contributed by atoms with Crippen LogP contribution >= 0.6 is 0 Å². The van der Waals surface area contributed by atoms with E-state index in [1.54, 1.807) is 19.5 Å². The summed E-state index contributed by atoms with van der Waals surface area (Å²) in [6.07, 6.45) is 3.62. The van der Waals surface area contributed by atoms with Crippen LogP contribution in [0.5, 0.6) is 11.5 Å². The van der Waals surface area contributed by atoms with Crippen LogP contribution in [0.4, 0.5) is 5.69 Å². The summed E-state index contributed by atoms with van der Waals surface area (Å²) >= 11 is 0. The van der Waals surface area contributed by atoms with Crippen molar-refractivity contribution in [2.24, 2.45) is 0 Å². The molecule has 2 rings (SSSR count). The molecule has 0 aliphatic carbocycles. The molecular weight excluding hydrogens is 240 g/mol. The Hall–Kier alpha value is -2.23. The molecule has 2 N–H and O–H groups in total. The number of nitrogen functional groups attached to an aromatic ring is 1. The van der Waals surface area contributed by atoms with Gasteiger partial charge in [-0.3, -0.25) is 4.98 Å². The lowest BCUT2D eigenvalue weighted by molar-refractivity contribution is 0.241. The first kappa shape index (κ1) is 13.2. The summed E-state index contributed by atoms with van der Waals surface area (Å²) in [6, 6.07) is 7.61. The second-order valence-electron chi connectivity index (χ2n) is 4.53. The van der Waals surface area contributed by atoms with E-state index < -0.39 is 0 Å². The molecule has 0 saturated heterocycles. The lowest BCUT2D eigenvalue weighted by atomic mass is 10.1. The van der Waals surface area contributed by atoms with E-state index in [9.17, 15) is 0 Å². The first-order valence-electron chi connectivity index (χ1n) is 6.15. The summed E-state index contributed by atoms with van der Waals surface area (Å²) < 4.78 is 10.9. The quantitative estimate of drug-likeness (QED) is 0.856. The molecule has 1 aromatic heterocycles. The molecule has 0 spiro atoms. The highest BCUT2D eigenvalue weighted by Gasteiger charge is 2.06. The molecule has 0 unspecified atom stereocenters. The Kier molecular flexibility index (Phi) is 3.90. The molecule has 0 aliphatic rings. The van der Waals surface area contributed by atoms with Gasteiger partial charge < -0.3 is 15.2 Å². The van der Waals surface area contributed by atoms with Crippen LogP contribution in [0.2, 0.25) is 0 Å². The van der Waals surface area contributed by atoms with E-state index >= 15 is 0 Å². The fourth-order valence-electron chi connectivity index (χ4n) is 1.80. The van der Waals surface area contributed by atoms with E-state index in [0.717, 1.165) is 16.9 Å². The van der Waals surface area contributed by atoms with Crippen molar-refractivity contribution < 1.29 is 9.47 Å². The van der Waals surface area contributed by atoms with Gasteiger partial charge in [0.05, 0.1) is 25.1 Å². The van der Waals surface area contributed by atoms with Crippen LogP contribution in [0.3, 0.4) is 0 Å². The van der Waals surface area contributed by atoms with Gasteiger partial charge in [0.25, 0.3) is 0 Å². The third kappa shape index (κ3) is 3.16. The third-order valence-corrected chi connectivity index (χ3v) is 2.65. The molecule has 0 saturated carbocycles. The number of nitrogens with two attached hydrogens (primary N) is 1. The normalized spacial score (nSPS) is 10.5. The number of hydrogen-bond donors (Lipinski definition) is 1. The highest BCUT2D eigenvalue weighted by molar-refractivity contribution is 5.70. The van der Waals surface area contributed by atoms with Gasteiger partial charge in [0.2, 0.25) is 0 Å². The second-order valence-corrected chi connectivity index (χ2v) is 4.53. The smallest absolute Gasteiger partial charge is 0.142 e. The van der Waals surface area contributed by atoms with Gasteiger partial charge in [0.15, 0.2) is 0 Å².